The Labute approximate surface area is 135 Å². The Balaban J connectivity index is 2.03. The fourth-order valence-corrected chi connectivity index (χ4v) is 3.65. The van der Waals surface area contributed by atoms with E-state index in [1.54, 1.807) is 18.1 Å². The van der Waals surface area contributed by atoms with Gasteiger partial charge in [-0.3, -0.25) is 0 Å². The van der Waals surface area contributed by atoms with Crippen LogP contribution in [0.2, 0.25) is 0 Å². The lowest BCUT2D eigenvalue weighted by atomic mass is 9.99. The molecule has 1 heterocycles. The molecule has 21 heavy (non-hydrogen) atoms. The molecule has 0 radical (unpaired) electrons. The van der Waals surface area contributed by atoms with Gasteiger partial charge in [0.15, 0.2) is 4.34 Å². The minimum atomic E-state index is 0.361. The Morgan fingerprint density at radius 3 is 2.48 bits per heavy atom. The molecule has 0 aliphatic rings. The Bertz CT molecular complexity index is 509. The summed E-state index contributed by atoms with van der Waals surface area (Å²) in [6.45, 7) is 7.69. The first kappa shape index (κ1) is 16.5. The molecular formula is C16H23N3S2. The molecular weight excluding hydrogens is 298 g/mol. The van der Waals surface area contributed by atoms with Gasteiger partial charge in [-0.15, -0.1) is 0 Å². The van der Waals surface area contributed by atoms with E-state index in [2.05, 4.69) is 59.7 Å². The van der Waals surface area contributed by atoms with Gasteiger partial charge in [-0.25, -0.2) is 4.98 Å². The van der Waals surface area contributed by atoms with Crippen LogP contribution < -0.4 is 5.32 Å². The van der Waals surface area contributed by atoms with Crippen LogP contribution in [-0.2, 0) is 0 Å². The maximum Gasteiger partial charge on any atom is 0.169 e. The predicted molar refractivity (Wildman–Crippen MR) is 92.2 cm³/mol. The molecule has 0 bridgehead atoms. The highest BCUT2D eigenvalue weighted by Crippen LogP contribution is 2.26. The zero-order valence-corrected chi connectivity index (χ0v) is 14.5. The summed E-state index contributed by atoms with van der Waals surface area (Å²) in [4.78, 5) is 4.24. The van der Waals surface area contributed by atoms with E-state index in [-0.39, 0.29) is 0 Å². The number of thioether (sulfide) groups is 1. The van der Waals surface area contributed by atoms with Crippen molar-refractivity contribution in [2.45, 2.75) is 43.5 Å². The van der Waals surface area contributed by atoms with Crippen LogP contribution in [0.15, 0.2) is 34.9 Å². The molecule has 0 saturated heterocycles. The van der Waals surface area contributed by atoms with Crippen molar-refractivity contribution in [1.82, 2.24) is 14.7 Å². The van der Waals surface area contributed by atoms with Crippen LogP contribution in [0, 0.1) is 0 Å². The van der Waals surface area contributed by atoms with Crippen LogP contribution >= 0.6 is 23.3 Å². The monoisotopic (exact) mass is 321 g/mol. The molecule has 1 aromatic carbocycles. The summed E-state index contributed by atoms with van der Waals surface area (Å²) in [5.74, 6) is 1.56. The third-order valence-corrected chi connectivity index (χ3v) is 5.25. The standard InChI is InChI=1S/C16H23N3S2/c1-4-9-17-15(10-20-16-18-11-19-21-16)14-7-5-13(6-8-14)12(2)3/h5-8,11-12,15,17H,4,9-10H2,1-3H3. The third kappa shape index (κ3) is 5.09. The van der Waals surface area contributed by atoms with Crippen molar-refractivity contribution in [3.63, 3.8) is 0 Å². The number of nitrogens with one attached hydrogen (secondary N) is 1. The summed E-state index contributed by atoms with van der Waals surface area (Å²) in [7, 11) is 0. The van der Waals surface area contributed by atoms with Crippen molar-refractivity contribution in [2.24, 2.45) is 0 Å². The average molecular weight is 322 g/mol. The number of benzene rings is 1. The van der Waals surface area contributed by atoms with Crippen molar-refractivity contribution >= 4 is 23.3 Å². The normalized spacial score (nSPS) is 12.8. The van der Waals surface area contributed by atoms with Crippen LogP contribution in [0.3, 0.4) is 0 Å². The first-order valence-electron chi connectivity index (χ1n) is 7.43. The molecule has 0 amide bonds. The maximum absolute atomic E-state index is 4.24. The van der Waals surface area contributed by atoms with E-state index in [0.29, 0.717) is 12.0 Å². The second-order valence-electron chi connectivity index (χ2n) is 5.35. The fraction of sp³-hybridized carbons (Fsp3) is 0.500. The third-order valence-electron chi connectivity index (χ3n) is 3.36. The summed E-state index contributed by atoms with van der Waals surface area (Å²) < 4.78 is 5.09. The molecule has 2 rings (SSSR count). The predicted octanol–water partition coefficient (Wildman–Crippen LogP) is 4.49. The molecule has 0 aliphatic carbocycles. The highest BCUT2D eigenvalue weighted by molar-refractivity contribution is 8.00. The molecule has 0 saturated carbocycles. The van der Waals surface area contributed by atoms with E-state index in [9.17, 15) is 0 Å². The van der Waals surface area contributed by atoms with Gasteiger partial charge in [0.25, 0.3) is 0 Å². The molecule has 5 heteroatoms. The largest absolute Gasteiger partial charge is 0.309 e. The average Bonchev–Trinajstić information content (AvgIpc) is 3.01. The van der Waals surface area contributed by atoms with Gasteiger partial charge in [0.1, 0.15) is 6.33 Å². The summed E-state index contributed by atoms with van der Waals surface area (Å²) >= 11 is 3.24. The van der Waals surface area contributed by atoms with Gasteiger partial charge in [-0.05, 0) is 41.5 Å². The number of aromatic nitrogens is 2. The first-order valence-corrected chi connectivity index (χ1v) is 9.19. The smallest absolute Gasteiger partial charge is 0.169 e. The Morgan fingerprint density at radius 2 is 1.90 bits per heavy atom. The quantitative estimate of drug-likeness (QED) is 0.727. The lowest BCUT2D eigenvalue weighted by Gasteiger charge is -2.19. The van der Waals surface area contributed by atoms with Crippen molar-refractivity contribution < 1.29 is 0 Å². The van der Waals surface area contributed by atoms with Crippen molar-refractivity contribution in [2.75, 3.05) is 12.3 Å². The Kier molecular flexibility index (Phi) is 6.67. The van der Waals surface area contributed by atoms with Crippen molar-refractivity contribution in [1.29, 1.82) is 0 Å². The second-order valence-corrected chi connectivity index (χ2v) is 7.39. The molecule has 2 aromatic rings. The first-order chi connectivity index (χ1) is 10.2. The zero-order valence-electron chi connectivity index (χ0n) is 12.9. The van der Waals surface area contributed by atoms with Gasteiger partial charge in [-0.2, -0.15) is 4.37 Å². The summed E-state index contributed by atoms with van der Waals surface area (Å²) in [6, 6.07) is 9.36. The fourth-order valence-electron chi connectivity index (χ4n) is 2.09. The maximum atomic E-state index is 4.24. The SMILES string of the molecule is CCCNC(CSc1ncns1)c1ccc(C(C)C)cc1. The van der Waals surface area contributed by atoms with Crippen LogP contribution in [0.1, 0.15) is 50.3 Å². The van der Waals surface area contributed by atoms with Crippen LogP contribution in [0.5, 0.6) is 0 Å². The topological polar surface area (TPSA) is 37.8 Å². The summed E-state index contributed by atoms with van der Waals surface area (Å²) in [6.07, 6.45) is 2.77. The van der Waals surface area contributed by atoms with Crippen LogP contribution in [-0.4, -0.2) is 21.7 Å². The van der Waals surface area contributed by atoms with E-state index in [1.165, 1.54) is 22.7 Å². The minimum absolute atomic E-state index is 0.361. The minimum Gasteiger partial charge on any atom is -0.309 e. The number of nitrogens with zero attached hydrogens (tertiary/aromatic N) is 2. The van der Waals surface area contributed by atoms with Gasteiger partial charge in [0, 0.05) is 11.8 Å². The highest BCUT2D eigenvalue weighted by Gasteiger charge is 2.12. The Hall–Kier alpha value is -0.910. The van der Waals surface area contributed by atoms with Crippen molar-refractivity contribution in [3.05, 3.63) is 41.7 Å². The number of hydrogen-bond acceptors (Lipinski definition) is 5. The number of rotatable bonds is 8. The van der Waals surface area contributed by atoms with E-state index < -0.39 is 0 Å². The molecule has 1 atom stereocenters. The molecule has 1 aromatic heterocycles. The highest BCUT2D eigenvalue weighted by atomic mass is 32.2. The van der Waals surface area contributed by atoms with E-state index >= 15 is 0 Å². The van der Waals surface area contributed by atoms with E-state index in [0.717, 1.165) is 23.1 Å². The van der Waals surface area contributed by atoms with Gasteiger partial charge in [0.2, 0.25) is 0 Å². The molecule has 1 unspecified atom stereocenters. The van der Waals surface area contributed by atoms with Gasteiger partial charge in [-0.1, -0.05) is 56.8 Å². The second kappa shape index (κ2) is 8.51. The van der Waals surface area contributed by atoms with E-state index in [1.807, 2.05) is 0 Å². The van der Waals surface area contributed by atoms with Crippen LogP contribution in [0.4, 0.5) is 0 Å². The Morgan fingerprint density at radius 1 is 1.19 bits per heavy atom. The van der Waals surface area contributed by atoms with Crippen molar-refractivity contribution in [3.8, 4) is 0 Å². The van der Waals surface area contributed by atoms with Gasteiger partial charge in [0.05, 0.1) is 0 Å². The summed E-state index contributed by atoms with van der Waals surface area (Å²) in [5.41, 5.74) is 2.75. The van der Waals surface area contributed by atoms with E-state index in [4.69, 9.17) is 0 Å². The van der Waals surface area contributed by atoms with Crippen LogP contribution in [0.25, 0.3) is 0 Å². The number of hydrogen-bond donors (Lipinski definition) is 1. The molecule has 114 valence electrons. The lowest BCUT2D eigenvalue weighted by molar-refractivity contribution is 0.577. The molecule has 0 fully saturated rings. The summed E-state index contributed by atoms with van der Waals surface area (Å²) in [5, 5.41) is 3.63. The van der Waals surface area contributed by atoms with Gasteiger partial charge >= 0.3 is 0 Å². The molecule has 0 aliphatic heterocycles. The molecule has 0 spiro atoms. The molecule has 1 N–H and O–H groups in total. The lowest BCUT2D eigenvalue weighted by Crippen LogP contribution is -2.24. The molecule has 3 nitrogen and oxygen atoms in total. The van der Waals surface area contributed by atoms with Gasteiger partial charge < -0.3 is 5.32 Å². The zero-order chi connectivity index (χ0) is 15.1.